The second-order valence-electron chi connectivity index (χ2n) is 5.73. The molecule has 0 saturated heterocycles. The lowest BCUT2D eigenvalue weighted by atomic mass is 10.1. The molecule has 1 aromatic heterocycles. The summed E-state index contributed by atoms with van der Waals surface area (Å²) in [6.45, 7) is 1.43. The fourth-order valence-corrected chi connectivity index (χ4v) is 2.79. The summed E-state index contributed by atoms with van der Waals surface area (Å²) in [6.07, 6.45) is 0. The van der Waals surface area contributed by atoms with Gasteiger partial charge in [-0.25, -0.2) is 0 Å². The monoisotopic (exact) mass is 368 g/mol. The minimum Gasteiger partial charge on any atom is -0.326 e. The Labute approximate surface area is 155 Å². The zero-order valence-electron chi connectivity index (χ0n) is 14.3. The van der Waals surface area contributed by atoms with Crippen LogP contribution in [0.5, 0.6) is 0 Å². The maximum Gasteiger partial charge on any atom is 0.273 e. The molecule has 132 valence electrons. The summed E-state index contributed by atoms with van der Waals surface area (Å²) in [6, 6.07) is 15.9. The number of hydrogen-bond acceptors (Lipinski definition) is 3. The number of aryl methyl sites for hydroxylation is 1. The molecule has 26 heavy (non-hydrogen) atoms. The molecule has 3 aromatic rings. The van der Waals surface area contributed by atoms with Gasteiger partial charge in [0.05, 0.1) is 10.7 Å². The summed E-state index contributed by atoms with van der Waals surface area (Å²) in [4.78, 5) is 23.8. The van der Waals surface area contributed by atoms with Gasteiger partial charge >= 0.3 is 0 Å². The molecule has 3 rings (SSSR count). The van der Waals surface area contributed by atoms with Crippen molar-refractivity contribution in [2.75, 3.05) is 10.6 Å². The Hall–Kier alpha value is -3.12. The second kappa shape index (κ2) is 7.41. The standard InChI is InChI=1S/C19H17ClN4O2/c1-12(25)21-13-6-5-7-14(10-13)22-19(26)18-11-17(23-24(18)2)15-8-3-4-9-16(15)20/h3-11H,1-2H3,(H,21,25)(H,22,26). The van der Waals surface area contributed by atoms with Crippen LogP contribution in [0.25, 0.3) is 11.3 Å². The van der Waals surface area contributed by atoms with Crippen LogP contribution in [0.1, 0.15) is 17.4 Å². The Kier molecular flexibility index (Phi) is 5.04. The SMILES string of the molecule is CC(=O)Nc1cccc(NC(=O)c2cc(-c3ccccc3Cl)nn2C)c1. The van der Waals surface area contributed by atoms with Gasteiger partial charge in [-0.1, -0.05) is 35.9 Å². The molecule has 0 spiro atoms. The number of nitrogens with one attached hydrogen (secondary N) is 2. The van der Waals surface area contributed by atoms with Crippen molar-refractivity contribution >= 4 is 34.8 Å². The van der Waals surface area contributed by atoms with E-state index in [1.54, 1.807) is 43.4 Å². The summed E-state index contributed by atoms with van der Waals surface area (Å²) >= 11 is 6.20. The highest BCUT2D eigenvalue weighted by molar-refractivity contribution is 6.33. The Morgan fingerprint density at radius 3 is 2.38 bits per heavy atom. The highest BCUT2D eigenvalue weighted by atomic mass is 35.5. The molecule has 2 aromatic carbocycles. The number of rotatable bonds is 4. The lowest BCUT2D eigenvalue weighted by Gasteiger charge is -2.07. The predicted octanol–water partition coefficient (Wildman–Crippen LogP) is 3.95. The zero-order chi connectivity index (χ0) is 18.7. The topological polar surface area (TPSA) is 76.0 Å². The molecule has 0 aliphatic carbocycles. The first-order chi connectivity index (χ1) is 12.4. The quantitative estimate of drug-likeness (QED) is 0.732. The Bertz CT molecular complexity index is 981. The van der Waals surface area contributed by atoms with Crippen molar-refractivity contribution in [3.8, 4) is 11.3 Å². The number of halogens is 1. The third-order valence-electron chi connectivity index (χ3n) is 3.70. The number of benzene rings is 2. The van der Waals surface area contributed by atoms with Crippen LogP contribution in [0.3, 0.4) is 0 Å². The van der Waals surface area contributed by atoms with Crippen molar-refractivity contribution in [3.05, 3.63) is 65.3 Å². The highest BCUT2D eigenvalue weighted by Gasteiger charge is 2.16. The molecule has 1 heterocycles. The van der Waals surface area contributed by atoms with Gasteiger partial charge < -0.3 is 10.6 Å². The molecule has 0 unspecified atom stereocenters. The van der Waals surface area contributed by atoms with E-state index in [4.69, 9.17) is 11.6 Å². The van der Waals surface area contributed by atoms with Gasteiger partial charge in [-0.05, 0) is 30.3 Å². The van der Waals surface area contributed by atoms with E-state index in [1.807, 2.05) is 18.2 Å². The smallest absolute Gasteiger partial charge is 0.273 e. The Morgan fingerprint density at radius 1 is 1.00 bits per heavy atom. The van der Waals surface area contributed by atoms with Crippen molar-refractivity contribution in [2.24, 2.45) is 7.05 Å². The number of aromatic nitrogens is 2. The number of nitrogens with zero attached hydrogens (tertiary/aromatic N) is 2. The predicted molar refractivity (Wildman–Crippen MR) is 102 cm³/mol. The third-order valence-corrected chi connectivity index (χ3v) is 4.03. The van der Waals surface area contributed by atoms with Crippen molar-refractivity contribution in [2.45, 2.75) is 6.92 Å². The van der Waals surface area contributed by atoms with Crippen LogP contribution in [0.4, 0.5) is 11.4 Å². The molecule has 0 aliphatic heterocycles. The normalized spacial score (nSPS) is 10.4. The second-order valence-corrected chi connectivity index (χ2v) is 6.14. The zero-order valence-corrected chi connectivity index (χ0v) is 15.0. The first-order valence-corrected chi connectivity index (χ1v) is 8.30. The van der Waals surface area contributed by atoms with Gasteiger partial charge in [0.15, 0.2) is 0 Å². The van der Waals surface area contributed by atoms with Gasteiger partial charge in [0.1, 0.15) is 5.69 Å². The minimum atomic E-state index is -0.307. The van der Waals surface area contributed by atoms with Gasteiger partial charge in [-0.2, -0.15) is 5.10 Å². The number of hydrogen-bond donors (Lipinski definition) is 2. The average Bonchev–Trinajstić information content (AvgIpc) is 2.96. The summed E-state index contributed by atoms with van der Waals surface area (Å²) in [5.74, 6) is -0.484. The van der Waals surface area contributed by atoms with Gasteiger partial charge in [0, 0.05) is 30.9 Å². The molecule has 2 N–H and O–H groups in total. The van der Waals surface area contributed by atoms with Crippen molar-refractivity contribution < 1.29 is 9.59 Å². The number of anilines is 2. The fourth-order valence-electron chi connectivity index (χ4n) is 2.55. The van der Waals surface area contributed by atoms with E-state index >= 15 is 0 Å². The number of carbonyl (C=O) groups is 2. The van der Waals surface area contributed by atoms with Gasteiger partial charge in [-0.3, -0.25) is 14.3 Å². The minimum absolute atomic E-state index is 0.176. The molecule has 2 amide bonds. The van der Waals surface area contributed by atoms with Crippen molar-refractivity contribution in [1.82, 2.24) is 9.78 Å². The summed E-state index contributed by atoms with van der Waals surface area (Å²) in [7, 11) is 1.70. The van der Waals surface area contributed by atoms with Gasteiger partial charge in [0.2, 0.25) is 5.91 Å². The van der Waals surface area contributed by atoms with Crippen LogP contribution in [0, 0.1) is 0 Å². The summed E-state index contributed by atoms with van der Waals surface area (Å²) < 4.78 is 1.51. The van der Waals surface area contributed by atoms with E-state index in [0.29, 0.717) is 27.8 Å². The van der Waals surface area contributed by atoms with Crippen LogP contribution >= 0.6 is 11.6 Å². The highest BCUT2D eigenvalue weighted by Crippen LogP contribution is 2.27. The van der Waals surface area contributed by atoms with Crippen LogP contribution in [-0.2, 0) is 11.8 Å². The number of carbonyl (C=O) groups excluding carboxylic acids is 2. The molecule has 6 nitrogen and oxygen atoms in total. The first kappa shape index (κ1) is 17.7. The van der Waals surface area contributed by atoms with Crippen LogP contribution in [0.15, 0.2) is 54.6 Å². The van der Waals surface area contributed by atoms with E-state index in [0.717, 1.165) is 5.56 Å². The molecule has 0 atom stereocenters. The Morgan fingerprint density at radius 2 is 1.69 bits per heavy atom. The molecule has 0 fully saturated rings. The van der Waals surface area contributed by atoms with E-state index in [-0.39, 0.29) is 11.8 Å². The number of amides is 2. The first-order valence-electron chi connectivity index (χ1n) is 7.92. The van der Waals surface area contributed by atoms with E-state index in [9.17, 15) is 9.59 Å². The van der Waals surface area contributed by atoms with Crippen LogP contribution < -0.4 is 10.6 Å². The lowest BCUT2D eigenvalue weighted by Crippen LogP contribution is -2.16. The largest absolute Gasteiger partial charge is 0.326 e. The summed E-state index contributed by atoms with van der Waals surface area (Å²) in [5.41, 5.74) is 2.95. The maximum atomic E-state index is 12.6. The molecular weight excluding hydrogens is 352 g/mol. The fraction of sp³-hybridized carbons (Fsp3) is 0.105. The maximum absolute atomic E-state index is 12.6. The molecule has 0 aliphatic rings. The van der Waals surface area contributed by atoms with Gasteiger partial charge in [-0.15, -0.1) is 0 Å². The van der Waals surface area contributed by atoms with Crippen LogP contribution in [-0.4, -0.2) is 21.6 Å². The molecule has 0 radical (unpaired) electrons. The Balaban J connectivity index is 1.83. The third kappa shape index (κ3) is 3.92. The van der Waals surface area contributed by atoms with Gasteiger partial charge in [0.25, 0.3) is 5.91 Å². The van der Waals surface area contributed by atoms with Crippen molar-refractivity contribution in [3.63, 3.8) is 0 Å². The van der Waals surface area contributed by atoms with E-state index in [2.05, 4.69) is 15.7 Å². The molecular formula is C19H17ClN4O2. The van der Waals surface area contributed by atoms with E-state index < -0.39 is 0 Å². The van der Waals surface area contributed by atoms with Crippen molar-refractivity contribution in [1.29, 1.82) is 0 Å². The molecule has 0 saturated carbocycles. The molecule has 0 bridgehead atoms. The summed E-state index contributed by atoms with van der Waals surface area (Å²) in [5, 5.41) is 10.4. The molecule has 7 heteroatoms. The lowest BCUT2D eigenvalue weighted by molar-refractivity contribution is -0.114. The average molecular weight is 369 g/mol. The van der Waals surface area contributed by atoms with Crippen LogP contribution in [0.2, 0.25) is 5.02 Å². The van der Waals surface area contributed by atoms with E-state index in [1.165, 1.54) is 11.6 Å².